The number of nitrogens with one attached hydrogen (secondary N) is 1. The molecule has 6 nitrogen and oxygen atoms in total. The number of aliphatic hydroxyl groups excluding tert-OH is 1. The van der Waals surface area contributed by atoms with Crippen LogP contribution in [0.15, 0.2) is 0 Å². The van der Waals surface area contributed by atoms with Crippen molar-refractivity contribution in [1.82, 2.24) is 19.8 Å². The Labute approximate surface area is 107 Å². The molecule has 0 bridgehead atoms. The van der Waals surface area contributed by atoms with E-state index in [1.54, 1.807) is 4.90 Å². The summed E-state index contributed by atoms with van der Waals surface area (Å²) >= 11 is 0. The second kappa shape index (κ2) is 5.49. The van der Waals surface area contributed by atoms with Gasteiger partial charge in [-0.1, -0.05) is 0 Å². The van der Waals surface area contributed by atoms with Crippen LogP contribution in [-0.2, 0) is 11.3 Å². The Morgan fingerprint density at radius 3 is 2.50 bits per heavy atom. The van der Waals surface area contributed by atoms with Crippen molar-refractivity contribution in [2.24, 2.45) is 0 Å². The van der Waals surface area contributed by atoms with E-state index in [4.69, 9.17) is 5.11 Å². The SMILES string of the molecule is Cc1nc(CN2CCN(C(=O)CO)CC2)c(C)[nH]1. The van der Waals surface area contributed by atoms with Gasteiger partial charge in [-0.05, 0) is 13.8 Å². The standard InChI is InChI=1S/C12H20N4O2/c1-9-11(14-10(2)13-9)7-15-3-5-16(6-4-15)12(18)8-17/h17H,3-8H2,1-2H3,(H,13,14). The molecule has 0 saturated carbocycles. The molecule has 1 aromatic rings. The Morgan fingerprint density at radius 2 is 2.00 bits per heavy atom. The summed E-state index contributed by atoms with van der Waals surface area (Å²) in [5.41, 5.74) is 2.19. The highest BCUT2D eigenvalue weighted by molar-refractivity contribution is 5.77. The molecule has 0 spiro atoms. The van der Waals surface area contributed by atoms with Gasteiger partial charge in [0, 0.05) is 38.4 Å². The van der Waals surface area contributed by atoms with E-state index in [1.807, 2.05) is 13.8 Å². The molecule has 1 aliphatic rings. The lowest BCUT2D eigenvalue weighted by Gasteiger charge is -2.34. The van der Waals surface area contributed by atoms with Crippen LogP contribution in [0.4, 0.5) is 0 Å². The van der Waals surface area contributed by atoms with E-state index in [-0.39, 0.29) is 5.91 Å². The number of aryl methyl sites for hydroxylation is 2. The number of nitrogens with zero attached hydrogens (tertiary/aromatic N) is 3. The minimum Gasteiger partial charge on any atom is -0.387 e. The van der Waals surface area contributed by atoms with Gasteiger partial charge in [-0.25, -0.2) is 4.98 Å². The molecule has 100 valence electrons. The van der Waals surface area contributed by atoms with Gasteiger partial charge in [-0.3, -0.25) is 9.69 Å². The predicted molar refractivity (Wildman–Crippen MR) is 67.0 cm³/mol. The summed E-state index contributed by atoms with van der Waals surface area (Å²) in [6.07, 6.45) is 0. The summed E-state index contributed by atoms with van der Waals surface area (Å²) in [4.78, 5) is 23.0. The Kier molecular flexibility index (Phi) is 3.98. The van der Waals surface area contributed by atoms with Crippen LogP contribution in [-0.4, -0.2) is 63.6 Å². The lowest BCUT2D eigenvalue weighted by molar-refractivity contribution is -0.136. The number of hydrogen-bond donors (Lipinski definition) is 2. The normalized spacial score (nSPS) is 17.2. The van der Waals surface area contributed by atoms with Crippen molar-refractivity contribution in [1.29, 1.82) is 0 Å². The Hall–Kier alpha value is -1.40. The Balaban J connectivity index is 1.87. The fourth-order valence-electron chi connectivity index (χ4n) is 2.28. The Morgan fingerprint density at radius 1 is 1.33 bits per heavy atom. The molecule has 0 unspecified atom stereocenters. The number of amides is 1. The Bertz CT molecular complexity index is 422. The van der Waals surface area contributed by atoms with Gasteiger partial charge < -0.3 is 15.0 Å². The van der Waals surface area contributed by atoms with Gasteiger partial charge in [0.05, 0.1) is 5.69 Å². The van der Waals surface area contributed by atoms with E-state index in [9.17, 15) is 4.79 Å². The highest BCUT2D eigenvalue weighted by Gasteiger charge is 2.21. The van der Waals surface area contributed by atoms with E-state index in [1.165, 1.54) is 0 Å². The van der Waals surface area contributed by atoms with E-state index in [2.05, 4.69) is 14.9 Å². The number of H-pyrrole nitrogens is 1. The van der Waals surface area contributed by atoms with Gasteiger partial charge in [0.25, 0.3) is 0 Å². The smallest absolute Gasteiger partial charge is 0.248 e. The maximum Gasteiger partial charge on any atom is 0.248 e. The molecule has 0 radical (unpaired) electrons. The van der Waals surface area contributed by atoms with Crippen LogP contribution < -0.4 is 0 Å². The zero-order valence-electron chi connectivity index (χ0n) is 10.9. The van der Waals surface area contributed by atoms with Gasteiger partial charge >= 0.3 is 0 Å². The first-order valence-corrected chi connectivity index (χ1v) is 6.23. The minimum absolute atomic E-state index is 0.179. The molecule has 0 atom stereocenters. The number of carbonyl (C=O) groups is 1. The third-order valence-electron chi connectivity index (χ3n) is 3.34. The van der Waals surface area contributed by atoms with Crippen LogP contribution in [0.1, 0.15) is 17.2 Å². The molecule has 1 amide bonds. The van der Waals surface area contributed by atoms with Crippen LogP contribution in [0, 0.1) is 13.8 Å². The number of imidazole rings is 1. The first-order chi connectivity index (χ1) is 8.60. The third kappa shape index (κ3) is 2.88. The summed E-state index contributed by atoms with van der Waals surface area (Å²) in [7, 11) is 0. The first kappa shape index (κ1) is 13.0. The molecule has 1 aliphatic heterocycles. The lowest BCUT2D eigenvalue weighted by Crippen LogP contribution is -2.49. The highest BCUT2D eigenvalue weighted by atomic mass is 16.3. The topological polar surface area (TPSA) is 72.5 Å². The molecule has 1 aromatic heterocycles. The zero-order valence-corrected chi connectivity index (χ0v) is 10.9. The highest BCUT2D eigenvalue weighted by Crippen LogP contribution is 2.10. The van der Waals surface area contributed by atoms with Crippen molar-refractivity contribution in [2.75, 3.05) is 32.8 Å². The largest absolute Gasteiger partial charge is 0.387 e. The second-order valence-corrected chi connectivity index (χ2v) is 4.71. The van der Waals surface area contributed by atoms with Crippen molar-refractivity contribution >= 4 is 5.91 Å². The summed E-state index contributed by atoms with van der Waals surface area (Å²) in [6, 6.07) is 0. The molecule has 1 fully saturated rings. The number of piperazine rings is 1. The quantitative estimate of drug-likeness (QED) is 0.772. The maximum absolute atomic E-state index is 11.3. The average molecular weight is 252 g/mol. The monoisotopic (exact) mass is 252 g/mol. The zero-order chi connectivity index (χ0) is 13.1. The lowest BCUT2D eigenvalue weighted by atomic mass is 10.2. The van der Waals surface area contributed by atoms with Crippen molar-refractivity contribution in [3.05, 3.63) is 17.2 Å². The number of aromatic nitrogens is 2. The number of rotatable bonds is 3. The molecule has 0 aromatic carbocycles. The van der Waals surface area contributed by atoms with E-state index >= 15 is 0 Å². The average Bonchev–Trinajstić information content (AvgIpc) is 2.68. The van der Waals surface area contributed by atoms with Crippen LogP contribution >= 0.6 is 0 Å². The molecule has 18 heavy (non-hydrogen) atoms. The fraction of sp³-hybridized carbons (Fsp3) is 0.667. The van der Waals surface area contributed by atoms with Crippen molar-refractivity contribution < 1.29 is 9.90 Å². The molecule has 0 aliphatic carbocycles. The van der Waals surface area contributed by atoms with Crippen LogP contribution in [0.2, 0.25) is 0 Å². The number of aliphatic hydroxyl groups is 1. The van der Waals surface area contributed by atoms with Gasteiger partial charge in [-0.2, -0.15) is 0 Å². The van der Waals surface area contributed by atoms with Crippen LogP contribution in [0.5, 0.6) is 0 Å². The number of aromatic amines is 1. The van der Waals surface area contributed by atoms with Crippen LogP contribution in [0.3, 0.4) is 0 Å². The van der Waals surface area contributed by atoms with Crippen molar-refractivity contribution in [3.63, 3.8) is 0 Å². The molecule has 6 heteroatoms. The molecular weight excluding hydrogens is 232 g/mol. The predicted octanol–water partition coefficient (Wildman–Crippen LogP) is -0.337. The van der Waals surface area contributed by atoms with E-state index in [0.717, 1.165) is 36.8 Å². The summed E-state index contributed by atoms with van der Waals surface area (Å²) < 4.78 is 0. The fourth-order valence-corrected chi connectivity index (χ4v) is 2.28. The number of hydrogen-bond acceptors (Lipinski definition) is 4. The molecule has 2 rings (SSSR count). The van der Waals surface area contributed by atoms with Gasteiger partial charge in [0.15, 0.2) is 0 Å². The molecule has 2 N–H and O–H groups in total. The van der Waals surface area contributed by atoms with Gasteiger partial charge in [0.1, 0.15) is 12.4 Å². The third-order valence-corrected chi connectivity index (χ3v) is 3.34. The molecular formula is C12H20N4O2. The van der Waals surface area contributed by atoms with Crippen LogP contribution in [0.25, 0.3) is 0 Å². The van der Waals surface area contributed by atoms with Crippen molar-refractivity contribution in [2.45, 2.75) is 20.4 Å². The first-order valence-electron chi connectivity index (χ1n) is 6.23. The maximum atomic E-state index is 11.3. The van der Waals surface area contributed by atoms with E-state index < -0.39 is 6.61 Å². The molecule has 1 saturated heterocycles. The molecule has 2 heterocycles. The minimum atomic E-state index is -0.391. The summed E-state index contributed by atoms with van der Waals surface area (Å²) in [5.74, 6) is 0.762. The second-order valence-electron chi connectivity index (χ2n) is 4.71. The van der Waals surface area contributed by atoms with E-state index in [0.29, 0.717) is 13.1 Å². The summed E-state index contributed by atoms with van der Waals surface area (Å²) in [6.45, 7) is 7.43. The van der Waals surface area contributed by atoms with Crippen molar-refractivity contribution in [3.8, 4) is 0 Å². The summed E-state index contributed by atoms with van der Waals surface area (Å²) in [5, 5.41) is 8.81. The van der Waals surface area contributed by atoms with Gasteiger partial charge in [0.2, 0.25) is 5.91 Å². The number of carbonyl (C=O) groups excluding carboxylic acids is 1. The van der Waals surface area contributed by atoms with Gasteiger partial charge in [-0.15, -0.1) is 0 Å².